The van der Waals surface area contributed by atoms with Crippen molar-refractivity contribution in [2.24, 2.45) is 0 Å². The lowest BCUT2D eigenvalue weighted by atomic mass is 9.99. The van der Waals surface area contributed by atoms with E-state index in [2.05, 4.69) is 112 Å². The fourth-order valence-corrected chi connectivity index (χ4v) is 4.20. The van der Waals surface area contributed by atoms with Crippen LogP contribution in [0.2, 0.25) is 0 Å². The monoisotopic (exact) mass is 518 g/mol. The molecule has 0 radical (unpaired) electrons. The van der Waals surface area contributed by atoms with Crippen LogP contribution >= 0.6 is 0 Å². The fraction of sp³-hybridized carbons (Fsp3) is 0.545. The Morgan fingerprint density at radius 3 is 1.95 bits per heavy atom. The van der Waals surface area contributed by atoms with Crippen molar-refractivity contribution in [1.29, 1.82) is 0 Å². The molecule has 1 aliphatic rings. The smallest absolute Gasteiger partial charge is 0.128 e. The molecule has 0 saturated carbocycles. The third kappa shape index (κ3) is 9.83. The highest BCUT2D eigenvalue weighted by molar-refractivity contribution is 5.40. The summed E-state index contributed by atoms with van der Waals surface area (Å²) in [6, 6.07) is 10.8. The SMILES string of the molecule is CC(C)c1ccc(N2CCOCC2)nc1.CCC(C)c1cnc(C)c(C)c1.Cc1ccc(C(C)C)c(C)n1. The maximum absolute atomic E-state index is 5.31. The molecule has 0 bridgehead atoms. The van der Waals surface area contributed by atoms with Gasteiger partial charge in [0.2, 0.25) is 0 Å². The molecule has 5 heteroatoms. The molecule has 3 aromatic rings. The van der Waals surface area contributed by atoms with Crippen LogP contribution in [0.5, 0.6) is 0 Å². The van der Waals surface area contributed by atoms with Crippen LogP contribution in [0.25, 0.3) is 0 Å². The number of pyridine rings is 3. The summed E-state index contributed by atoms with van der Waals surface area (Å²) in [4.78, 5) is 15.5. The zero-order valence-electron chi connectivity index (χ0n) is 25.5. The Morgan fingerprint density at radius 1 is 0.789 bits per heavy atom. The maximum atomic E-state index is 5.31. The van der Waals surface area contributed by atoms with Crippen molar-refractivity contribution in [3.8, 4) is 0 Å². The predicted molar refractivity (Wildman–Crippen MR) is 162 cm³/mol. The average Bonchev–Trinajstić information content (AvgIpc) is 2.91. The van der Waals surface area contributed by atoms with E-state index >= 15 is 0 Å². The van der Waals surface area contributed by atoms with Crippen molar-refractivity contribution in [2.45, 2.75) is 93.4 Å². The summed E-state index contributed by atoms with van der Waals surface area (Å²) in [5, 5.41) is 0. The van der Waals surface area contributed by atoms with Gasteiger partial charge in [-0.1, -0.05) is 59.7 Å². The summed E-state index contributed by atoms with van der Waals surface area (Å²) in [7, 11) is 0. The minimum atomic E-state index is 0.552. The van der Waals surface area contributed by atoms with E-state index in [0.29, 0.717) is 17.8 Å². The highest BCUT2D eigenvalue weighted by Gasteiger charge is 2.12. The van der Waals surface area contributed by atoms with Gasteiger partial charge in [0.05, 0.1) is 13.2 Å². The van der Waals surface area contributed by atoms with E-state index in [1.165, 1.54) is 34.4 Å². The standard InChI is InChI=1S/C12H18N2O.C11H17N.C10H15N/c1-10(2)11-3-4-12(13-9-11)14-5-7-15-8-6-14;1-5-8(2)11-6-9(3)10(4)12-7-11;1-7(2)10-6-5-8(3)11-9(10)4/h3-4,9-10H,5-8H2,1-2H3;6-8H,5H2,1-4H3;5-7H,1-4H3. The molecule has 4 heterocycles. The van der Waals surface area contributed by atoms with Gasteiger partial charge in [-0.2, -0.15) is 0 Å². The Bertz CT molecular complexity index is 1100. The Balaban J connectivity index is 0.000000203. The van der Waals surface area contributed by atoms with Crippen LogP contribution in [0.15, 0.2) is 42.7 Å². The van der Waals surface area contributed by atoms with Gasteiger partial charge in [0.25, 0.3) is 0 Å². The molecule has 1 fully saturated rings. The Morgan fingerprint density at radius 2 is 1.45 bits per heavy atom. The number of hydrogen-bond donors (Lipinski definition) is 0. The van der Waals surface area contributed by atoms with Crippen LogP contribution in [0, 0.1) is 27.7 Å². The van der Waals surface area contributed by atoms with Crippen LogP contribution in [-0.4, -0.2) is 41.3 Å². The first-order chi connectivity index (χ1) is 18.0. The summed E-state index contributed by atoms with van der Waals surface area (Å²) in [6.07, 6.45) is 5.16. The van der Waals surface area contributed by atoms with E-state index in [-0.39, 0.29) is 0 Å². The number of rotatable bonds is 5. The number of nitrogens with zero attached hydrogens (tertiary/aromatic N) is 4. The zero-order valence-corrected chi connectivity index (χ0v) is 25.5. The maximum Gasteiger partial charge on any atom is 0.128 e. The van der Waals surface area contributed by atoms with Gasteiger partial charge in [0, 0.05) is 42.6 Å². The van der Waals surface area contributed by atoms with Crippen molar-refractivity contribution >= 4 is 5.82 Å². The summed E-state index contributed by atoms with van der Waals surface area (Å²) in [5.74, 6) is 2.85. The normalized spacial score (nSPS) is 13.9. The molecule has 3 aromatic heterocycles. The van der Waals surface area contributed by atoms with Crippen molar-refractivity contribution < 1.29 is 4.74 Å². The molecular weight excluding hydrogens is 468 g/mol. The first kappa shape index (κ1) is 31.4. The average molecular weight is 519 g/mol. The van der Waals surface area contributed by atoms with Gasteiger partial charge in [-0.3, -0.25) is 9.97 Å². The minimum absolute atomic E-state index is 0.552. The van der Waals surface area contributed by atoms with E-state index in [1.54, 1.807) is 0 Å². The summed E-state index contributed by atoms with van der Waals surface area (Å²) in [6.45, 7) is 25.0. The van der Waals surface area contributed by atoms with Crippen molar-refractivity contribution in [3.63, 3.8) is 0 Å². The van der Waals surface area contributed by atoms with Gasteiger partial charge in [0.1, 0.15) is 5.82 Å². The third-order valence-electron chi connectivity index (χ3n) is 7.20. The van der Waals surface area contributed by atoms with E-state index < -0.39 is 0 Å². The molecule has 0 aliphatic carbocycles. The summed E-state index contributed by atoms with van der Waals surface area (Å²) in [5.41, 5.74) is 8.73. The Kier molecular flexibility index (Phi) is 12.9. The highest BCUT2D eigenvalue weighted by Crippen LogP contribution is 2.20. The fourth-order valence-electron chi connectivity index (χ4n) is 4.20. The van der Waals surface area contributed by atoms with E-state index in [0.717, 1.165) is 43.5 Å². The van der Waals surface area contributed by atoms with Crippen LogP contribution in [0.4, 0.5) is 5.82 Å². The number of morpholine rings is 1. The number of aryl methyl sites for hydroxylation is 4. The van der Waals surface area contributed by atoms with E-state index in [9.17, 15) is 0 Å². The predicted octanol–water partition coefficient (Wildman–Crippen LogP) is 8.08. The second-order valence-corrected chi connectivity index (χ2v) is 11.0. The van der Waals surface area contributed by atoms with E-state index in [4.69, 9.17) is 4.74 Å². The van der Waals surface area contributed by atoms with Gasteiger partial charge < -0.3 is 9.64 Å². The molecule has 5 nitrogen and oxygen atoms in total. The van der Waals surface area contributed by atoms with Crippen molar-refractivity contribution in [1.82, 2.24) is 15.0 Å². The largest absolute Gasteiger partial charge is 0.378 e. The van der Waals surface area contributed by atoms with Crippen molar-refractivity contribution in [3.05, 3.63) is 82.1 Å². The van der Waals surface area contributed by atoms with Gasteiger partial charge in [-0.25, -0.2) is 4.98 Å². The second-order valence-electron chi connectivity index (χ2n) is 11.0. The number of hydrogen-bond acceptors (Lipinski definition) is 5. The summed E-state index contributed by atoms with van der Waals surface area (Å²) < 4.78 is 5.31. The molecule has 1 saturated heterocycles. The molecule has 208 valence electrons. The second kappa shape index (κ2) is 15.6. The van der Waals surface area contributed by atoms with Crippen LogP contribution < -0.4 is 4.90 Å². The number of anilines is 1. The Labute approximate surface area is 232 Å². The van der Waals surface area contributed by atoms with Gasteiger partial charge in [-0.05, 0) is 86.3 Å². The van der Waals surface area contributed by atoms with Gasteiger partial charge in [-0.15, -0.1) is 0 Å². The molecule has 4 rings (SSSR count). The lowest BCUT2D eigenvalue weighted by Crippen LogP contribution is -2.36. The van der Waals surface area contributed by atoms with Gasteiger partial charge in [0.15, 0.2) is 0 Å². The molecular formula is C33H50N4O. The van der Waals surface area contributed by atoms with Crippen LogP contribution in [0.1, 0.15) is 105 Å². The third-order valence-corrected chi connectivity index (χ3v) is 7.20. The number of aromatic nitrogens is 3. The van der Waals surface area contributed by atoms with Gasteiger partial charge >= 0.3 is 0 Å². The summed E-state index contributed by atoms with van der Waals surface area (Å²) >= 11 is 0. The lowest BCUT2D eigenvalue weighted by Gasteiger charge is -2.27. The van der Waals surface area contributed by atoms with Crippen LogP contribution in [-0.2, 0) is 4.74 Å². The molecule has 1 atom stereocenters. The molecule has 0 amide bonds. The van der Waals surface area contributed by atoms with E-state index in [1.807, 2.05) is 19.3 Å². The first-order valence-corrected chi connectivity index (χ1v) is 14.2. The van der Waals surface area contributed by atoms with Crippen molar-refractivity contribution in [2.75, 3.05) is 31.2 Å². The minimum Gasteiger partial charge on any atom is -0.378 e. The van der Waals surface area contributed by atoms with Crippen LogP contribution in [0.3, 0.4) is 0 Å². The molecule has 1 aliphatic heterocycles. The molecule has 38 heavy (non-hydrogen) atoms. The molecule has 0 aromatic carbocycles. The number of ether oxygens (including phenoxy) is 1. The molecule has 1 unspecified atom stereocenters. The molecule has 0 spiro atoms. The molecule has 0 N–H and O–H groups in total. The quantitative estimate of drug-likeness (QED) is 0.342. The first-order valence-electron chi connectivity index (χ1n) is 14.2. The lowest BCUT2D eigenvalue weighted by molar-refractivity contribution is 0.122. The Hall–Kier alpha value is -2.79. The topological polar surface area (TPSA) is 51.1 Å². The zero-order chi connectivity index (χ0) is 28.2. The highest BCUT2D eigenvalue weighted by atomic mass is 16.5.